The lowest BCUT2D eigenvalue weighted by molar-refractivity contribution is 0.119. The number of hydrogen-bond donors (Lipinski definition) is 2. The summed E-state index contributed by atoms with van der Waals surface area (Å²) in [6.07, 6.45) is 3.50. The van der Waals surface area contributed by atoms with Crippen molar-refractivity contribution in [1.82, 2.24) is 5.32 Å². The zero-order valence-corrected chi connectivity index (χ0v) is 10.7. The molecular formula is C13H15ClN2O2. The first kappa shape index (κ1) is 12.9. The molecule has 2 N–H and O–H groups in total. The zero-order valence-electron chi connectivity index (χ0n) is 9.91. The van der Waals surface area contributed by atoms with E-state index in [-0.39, 0.29) is 6.03 Å². The molecule has 0 bridgehead atoms. The summed E-state index contributed by atoms with van der Waals surface area (Å²) >= 11 is 5.83. The lowest BCUT2D eigenvalue weighted by Crippen LogP contribution is -2.25. The summed E-state index contributed by atoms with van der Waals surface area (Å²) in [5, 5.41) is 6.01. The predicted octanol–water partition coefficient (Wildman–Crippen LogP) is 3.16. The molecular weight excluding hydrogens is 252 g/mol. The van der Waals surface area contributed by atoms with Gasteiger partial charge in [0.1, 0.15) is 0 Å². The predicted molar refractivity (Wildman–Crippen MR) is 71.7 cm³/mol. The second kappa shape index (κ2) is 6.42. The Morgan fingerprint density at radius 3 is 2.83 bits per heavy atom. The lowest BCUT2D eigenvalue weighted by Gasteiger charge is -2.14. The molecule has 0 atom stereocenters. The van der Waals surface area contributed by atoms with Gasteiger partial charge in [-0.2, -0.15) is 0 Å². The fraction of sp³-hybridized carbons (Fsp3) is 0.308. The van der Waals surface area contributed by atoms with Crippen molar-refractivity contribution >= 4 is 23.3 Å². The van der Waals surface area contributed by atoms with Crippen molar-refractivity contribution in [1.29, 1.82) is 0 Å². The van der Waals surface area contributed by atoms with Crippen molar-refractivity contribution in [2.45, 2.75) is 12.8 Å². The Morgan fingerprint density at radius 2 is 2.11 bits per heavy atom. The molecule has 1 aromatic rings. The highest BCUT2D eigenvalue weighted by Gasteiger charge is 2.06. The molecule has 1 heterocycles. The molecule has 0 spiro atoms. The van der Waals surface area contributed by atoms with E-state index < -0.39 is 0 Å². The number of benzene rings is 1. The SMILES string of the molecule is O=C(NC=C1CCOCC1)Nc1cccc(Cl)c1. The number of rotatable bonds is 2. The van der Waals surface area contributed by atoms with Gasteiger partial charge in [-0.05, 0) is 36.6 Å². The van der Waals surface area contributed by atoms with Crippen molar-refractivity contribution in [2.24, 2.45) is 0 Å². The number of ether oxygens (including phenoxy) is 1. The van der Waals surface area contributed by atoms with Gasteiger partial charge in [0, 0.05) is 16.9 Å². The third kappa shape index (κ3) is 4.05. The van der Waals surface area contributed by atoms with Crippen LogP contribution in [0.15, 0.2) is 36.0 Å². The topological polar surface area (TPSA) is 50.4 Å². The second-order valence-electron chi connectivity index (χ2n) is 4.02. The molecule has 5 heteroatoms. The molecule has 1 aliphatic heterocycles. The third-order valence-corrected chi connectivity index (χ3v) is 2.86. The maximum absolute atomic E-state index is 11.6. The number of halogens is 1. The highest BCUT2D eigenvalue weighted by Crippen LogP contribution is 2.15. The van der Waals surface area contributed by atoms with E-state index in [2.05, 4.69) is 10.6 Å². The number of hydrogen-bond acceptors (Lipinski definition) is 2. The van der Waals surface area contributed by atoms with E-state index in [4.69, 9.17) is 16.3 Å². The Hall–Kier alpha value is -1.52. The van der Waals surface area contributed by atoms with Crippen molar-refractivity contribution < 1.29 is 9.53 Å². The molecule has 0 aliphatic carbocycles. The van der Waals surface area contributed by atoms with Gasteiger partial charge < -0.3 is 15.4 Å². The fourth-order valence-corrected chi connectivity index (χ4v) is 1.87. The number of carbonyl (C=O) groups excluding carboxylic acids is 1. The van der Waals surface area contributed by atoms with E-state index in [0.717, 1.165) is 26.1 Å². The minimum absolute atomic E-state index is 0.267. The standard InChI is InChI=1S/C13H15ClN2O2/c14-11-2-1-3-12(8-11)16-13(17)15-9-10-4-6-18-7-5-10/h1-3,8-9H,4-7H2,(H2,15,16,17). The molecule has 2 amide bonds. The number of nitrogens with one attached hydrogen (secondary N) is 2. The third-order valence-electron chi connectivity index (χ3n) is 2.62. The van der Waals surface area contributed by atoms with Crippen LogP contribution in [0.3, 0.4) is 0 Å². The first-order chi connectivity index (χ1) is 8.74. The van der Waals surface area contributed by atoms with Crippen LogP contribution in [0, 0.1) is 0 Å². The highest BCUT2D eigenvalue weighted by atomic mass is 35.5. The van der Waals surface area contributed by atoms with Crippen molar-refractivity contribution in [3.63, 3.8) is 0 Å². The summed E-state index contributed by atoms with van der Waals surface area (Å²) in [6, 6.07) is 6.76. The van der Waals surface area contributed by atoms with Crippen LogP contribution in [0.5, 0.6) is 0 Å². The fourth-order valence-electron chi connectivity index (χ4n) is 1.68. The van der Waals surface area contributed by atoms with E-state index in [0.29, 0.717) is 10.7 Å². The minimum Gasteiger partial charge on any atom is -0.381 e. The summed E-state index contributed by atoms with van der Waals surface area (Å²) in [7, 11) is 0. The van der Waals surface area contributed by atoms with Gasteiger partial charge in [-0.25, -0.2) is 4.79 Å². The molecule has 0 radical (unpaired) electrons. The van der Waals surface area contributed by atoms with Crippen LogP contribution < -0.4 is 10.6 Å². The van der Waals surface area contributed by atoms with Crippen LogP contribution >= 0.6 is 11.6 Å². The summed E-state index contributed by atoms with van der Waals surface area (Å²) in [6.45, 7) is 1.45. The zero-order chi connectivity index (χ0) is 12.8. The van der Waals surface area contributed by atoms with E-state index in [1.807, 2.05) is 0 Å². The van der Waals surface area contributed by atoms with Gasteiger partial charge in [-0.3, -0.25) is 0 Å². The van der Waals surface area contributed by atoms with Crippen LogP contribution in [-0.4, -0.2) is 19.2 Å². The Kier molecular flexibility index (Phi) is 4.61. The van der Waals surface area contributed by atoms with Crippen molar-refractivity contribution in [3.8, 4) is 0 Å². The van der Waals surface area contributed by atoms with Crippen LogP contribution in [0.1, 0.15) is 12.8 Å². The summed E-state index contributed by atoms with van der Waals surface area (Å²) < 4.78 is 5.23. The molecule has 1 saturated heterocycles. The van der Waals surface area contributed by atoms with Gasteiger partial charge in [-0.15, -0.1) is 0 Å². The van der Waals surface area contributed by atoms with Crippen LogP contribution in [-0.2, 0) is 4.74 Å². The first-order valence-corrected chi connectivity index (χ1v) is 6.20. The van der Waals surface area contributed by atoms with E-state index in [1.54, 1.807) is 30.5 Å². The molecule has 1 aliphatic rings. The number of amides is 2. The van der Waals surface area contributed by atoms with Crippen LogP contribution in [0.4, 0.5) is 10.5 Å². The van der Waals surface area contributed by atoms with E-state index >= 15 is 0 Å². The Labute approximate surface area is 111 Å². The minimum atomic E-state index is -0.267. The molecule has 18 heavy (non-hydrogen) atoms. The summed E-state index contributed by atoms with van der Waals surface area (Å²) in [5.74, 6) is 0. The van der Waals surface area contributed by atoms with Crippen LogP contribution in [0.2, 0.25) is 5.02 Å². The molecule has 0 unspecified atom stereocenters. The molecule has 2 rings (SSSR count). The first-order valence-electron chi connectivity index (χ1n) is 5.83. The Balaban J connectivity index is 1.85. The van der Waals surface area contributed by atoms with E-state index in [9.17, 15) is 4.79 Å². The Morgan fingerprint density at radius 1 is 1.33 bits per heavy atom. The smallest absolute Gasteiger partial charge is 0.323 e. The van der Waals surface area contributed by atoms with Crippen molar-refractivity contribution in [2.75, 3.05) is 18.5 Å². The molecule has 4 nitrogen and oxygen atoms in total. The van der Waals surface area contributed by atoms with Gasteiger partial charge in [0.05, 0.1) is 13.2 Å². The van der Waals surface area contributed by atoms with Crippen molar-refractivity contribution in [3.05, 3.63) is 41.1 Å². The summed E-state index contributed by atoms with van der Waals surface area (Å²) in [5.41, 5.74) is 1.87. The summed E-state index contributed by atoms with van der Waals surface area (Å²) in [4.78, 5) is 11.6. The normalized spacial score (nSPS) is 15.1. The van der Waals surface area contributed by atoms with Crippen LogP contribution in [0.25, 0.3) is 0 Å². The molecule has 1 aromatic carbocycles. The lowest BCUT2D eigenvalue weighted by atomic mass is 10.1. The highest BCUT2D eigenvalue weighted by molar-refractivity contribution is 6.30. The second-order valence-corrected chi connectivity index (χ2v) is 4.46. The number of anilines is 1. The average molecular weight is 267 g/mol. The number of urea groups is 1. The maximum atomic E-state index is 11.6. The molecule has 1 fully saturated rings. The van der Waals surface area contributed by atoms with Gasteiger partial charge >= 0.3 is 6.03 Å². The maximum Gasteiger partial charge on any atom is 0.323 e. The van der Waals surface area contributed by atoms with Gasteiger partial charge in [0.15, 0.2) is 0 Å². The molecule has 0 saturated carbocycles. The van der Waals surface area contributed by atoms with E-state index in [1.165, 1.54) is 5.57 Å². The van der Waals surface area contributed by atoms with Gasteiger partial charge in [-0.1, -0.05) is 17.7 Å². The van der Waals surface area contributed by atoms with Gasteiger partial charge in [0.2, 0.25) is 0 Å². The molecule has 0 aromatic heterocycles. The largest absolute Gasteiger partial charge is 0.381 e. The molecule has 96 valence electrons. The quantitative estimate of drug-likeness (QED) is 0.864. The Bertz CT molecular complexity index is 452. The van der Waals surface area contributed by atoms with Gasteiger partial charge in [0.25, 0.3) is 0 Å². The average Bonchev–Trinajstić information content (AvgIpc) is 2.38. The number of carbonyl (C=O) groups is 1. The monoisotopic (exact) mass is 266 g/mol.